The van der Waals surface area contributed by atoms with E-state index < -0.39 is 30.0 Å². The third kappa shape index (κ3) is 4.51. The maximum atomic E-state index is 12.3. The Balaban J connectivity index is 1.67. The summed E-state index contributed by atoms with van der Waals surface area (Å²) in [5.74, 6) is -3.58. The molecule has 0 fully saturated rings. The Kier molecular flexibility index (Phi) is 6.51. The number of benzene rings is 2. The van der Waals surface area contributed by atoms with Gasteiger partial charge in [-0.15, -0.1) is 6.58 Å². The number of carboxylic acids is 2. The number of ether oxygens (including phenoxy) is 1. The van der Waals surface area contributed by atoms with Gasteiger partial charge in [0.15, 0.2) is 0 Å². The van der Waals surface area contributed by atoms with Crippen molar-refractivity contribution in [1.29, 1.82) is 0 Å². The number of carbonyl (C=O) groups excluding carboxylic acids is 1. The van der Waals surface area contributed by atoms with Crippen LogP contribution in [-0.4, -0.2) is 40.9 Å². The molecule has 156 valence electrons. The van der Waals surface area contributed by atoms with Crippen molar-refractivity contribution in [2.24, 2.45) is 5.92 Å². The van der Waals surface area contributed by atoms with Crippen LogP contribution in [0.2, 0.25) is 0 Å². The van der Waals surface area contributed by atoms with Gasteiger partial charge < -0.3 is 20.3 Å². The van der Waals surface area contributed by atoms with E-state index in [0.717, 1.165) is 22.3 Å². The molecule has 3 N–H and O–H groups in total. The zero-order valence-corrected chi connectivity index (χ0v) is 16.3. The summed E-state index contributed by atoms with van der Waals surface area (Å²) in [6.07, 6.45) is 0.351. The predicted octanol–water partition coefficient (Wildman–Crippen LogP) is 3.65. The van der Waals surface area contributed by atoms with E-state index in [0.29, 0.717) is 0 Å². The van der Waals surface area contributed by atoms with Crippen LogP contribution in [0.15, 0.2) is 61.2 Å². The first-order chi connectivity index (χ1) is 14.4. The fourth-order valence-corrected chi connectivity index (χ4v) is 3.79. The Morgan fingerprint density at radius 1 is 1.00 bits per heavy atom. The molecule has 7 nitrogen and oxygen atoms in total. The number of allylic oxidation sites excluding steroid dienone is 1. The Labute approximate surface area is 174 Å². The molecule has 1 aliphatic rings. The third-order valence-electron chi connectivity index (χ3n) is 5.25. The lowest BCUT2D eigenvalue weighted by Gasteiger charge is -2.19. The zero-order chi connectivity index (χ0) is 21.7. The average molecular weight is 409 g/mol. The van der Waals surface area contributed by atoms with Gasteiger partial charge in [-0.05, 0) is 35.1 Å². The Morgan fingerprint density at radius 2 is 1.57 bits per heavy atom. The molecule has 0 spiro atoms. The molecule has 0 heterocycles. The summed E-state index contributed by atoms with van der Waals surface area (Å²) >= 11 is 0. The lowest BCUT2D eigenvalue weighted by atomic mass is 9.96. The molecule has 0 unspecified atom stereocenters. The molecule has 0 aromatic heterocycles. The largest absolute Gasteiger partial charge is 0.481 e. The van der Waals surface area contributed by atoms with Crippen LogP contribution in [0.1, 0.15) is 29.9 Å². The van der Waals surface area contributed by atoms with E-state index >= 15 is 0 Å². The number of fused-ring (bicyclic) bond motifs is 3. The smallest absolute Gasteiger partial charge is 0.407 e. The second-order valence-electron chi connectivity index (χ2n) is 7.16. The summed E-state index contributed by atoms with van der Waals surface area (Å²) in [7, 11) is 0. The van der Waals surface area contributed by atoms with Crippen LogP contribution in [0, 0.1) is 5.92 Å². The van der Waals surface area contributed by atoms with E-state index in [1.165, 1.54) is 6.08 Å². The van der Waals surface area contributed by atoms with Crippen molar-refractivity contribution < 1.29 is 29.3 Å². The van der Waals surface area contributed by atoms with Gasteiger partial charge in [0, 0.05) is 5.92 Å². The highest BCUT2D eigenvalue weighted by Crippen LogP contribution is 2.44. The summed E-state index contributed by atoms with van der Waals surface area (Å²) in [5, 5.41) is 20.9. The molecule has 0 saturated carbocycles. The summed E-state index contributed by atoms with van der Waals surface area (Å²) in [4.78, 5) is 35.1. The molecule has 1 amide bonds. The SMILES string of the molecule is C=CC[C@@H](C[C@H](NC(=O)OCC1c2ccccc2-c2ccccc21)C(=O)O)C(=O)O. The topological polar surface area (TPSA) is 113 Å². The van der Waals surface area contributed by atoms with Crippen LogP contribution in [0.4, 0.5) is 4.79 Å². The summed E-state index contributed by atoms with van der Waals surface area (Å²) in [6.45, 7) is 3.53. The highest BCUT2D eigenvalue weighted by Gasteiger charge is 2.31. The normalized spacial score (nSPS) is 14.1. The Bertz CT molecular complexity index is 924. The summed E-state index contributed by atoms with van der Waals surface area (Å²) in [6, 6.07) is 14.4. The minimum absolute atomic E-state index is 0.0429. The number of amides is 1. The number of carboxylic acid groups (broad SMARTS) is 2. The number of aliphatic carboxylic acids is 2. The lowest BCUT2D eigenvalue weighted by molar-refractivity contribution is -0.144. The van der Waals surface area contributed by atoms with Crippen molar-refractivity contribution in [1.82, 2.24) is 5.32 Å². The molecule has 3 rings (SSSR count). The van der Waals surface area contributed by atoms with Gasteiger partial charge in [0.25, 0.3) is 0 Å². The van der Waals surface area contributed by atoms with Crippen LogP contribution >= 0.6 is 0 Å². The lowest BCUT2D eigenvalue weighted by Crippen LogP contribution is -2.43. The summed E-state index contributed by atoms with van der Waals surface area (Å²) < 4.78 is 5.34. The first kappa shape index (κ1) is 21.1. The Morgan fingerprint density at radius 3 is 2.07 bits per heavy atom. The summed E-state index contributed by atoms with van der Waals surface area (Å²) in [5.41, 5.74) is 4.25. The quantitative estimate of drug-likeness (QED) is 0.545. The molecular formula is C23H23NO6. The number of alkyl carbamates (subject to hydrolysis) is 1. The van der Waals surface area contributed by atoms with Gasteiger partial charge in [-0.2, -0.15) is 0 Å². The third-order valence-corrected chi connectivity index (χ3v) is 5.25. The Hall–Kier alpha value is -3.61. The van der Waals surface area contributed by atoms with E-state index in [-0.39, 0.29) is 25.4 Å². The van der Waals surface area contributed by atoms with Crippen molar-refractivity contribution in [3.05, 3.63) is 72.3 Å². The molecule has 0 saturated heterocycles. The first-order valence-corrected chi connectivity index (χ1v) is 9.60. The average Bonchev–Trinajstić information content (AvgIpc) is 3.05. The second kappa shape index (κ2) is 9.26. The number of rotatable bonds is 9. The van der Waals surface area contributed by atoms with Gasteiger partial charge >= 0.3 is 18.0 Å². The van der Waals surface area contributed by atoms with Crippen LogP contribution in [0.25, 0.3) is 11.1 Å². The molecule has 1 aliphatic carbocycles. The molecule has 2 aromatic rings. The number of carbonyl (C=O) groups is 3. The van der Waals surface area contributed by atoms with E-state index in [9.17, 15) is 24.6 Å². The zero-order valence-electron chi connectivity index (χ0n) is 16.3. The number of nitrogens with one attached hydrogen (secondary N) is 1. The van der Waals surface area contributed by atoms with Gasteiger partial charge in [0.1, 0.15) is 12.6 Å². The molecular weight excluding hydrogens is 386 g/mol. The minimum atomic E-state index is -1.37. The minimum Gasteiger partial charge on any atom is -0.481 e. The van der Waals surface area contributed by atoms with Crippen molar-refractivity contribution in [2.75, 3.05) is 6.61 Å². The fourth-order valence-electron chi connectivity index (χ4n) is 3.79. The van der Waals surface area contributed by atoms with Crippen molar-refractivity contribution in [3.8, 4) is 11.1 Å². The molecule has 30 heavy (non-hydrogen) atoms. The maximum absolute atomic E-state index is 12.3. The van der Waals surface area contributed by atoms with Crippen molar-refractivity contribution in [3.63, 3.8) is 0 Å². The van der Waals surface area contributed by atoms with Gasteiger partial charge in [-0.3, -0.25) is 4.79 Å². The molecule has 0 radical (unpaired) electrons. The number of hydrogen-bond donors (Lipinski definition) is 3. The molecule has 2 aromatic carbocycles. The molecule has 2 atom stereocenters. The van der Waals surface area contributed by atoms with Gasteiger partial charge in [0.05, 0.1) is 5.92 Å². The second-order valence-corrected chi connectivity index (χ2v) is 7.16. The van der Waals surface area contributed by atoms with E-state index in [4.69, 9.17) is 4.74 Å². The molecule has 0 aliphatic heterocycles. The fraction of sp³-hybridized carbons (Fsp3) is 0.261. The molecule has 0 bridgehead atoms. The standard InChI is InChI=1S/C23H23NO6/c1-2-7-14(21(25)26)12-20(22(27)28)24-23(29)30-13-19-17-10-5-3-8-15(17)16-9-4-6-11-18(16)19/h2-6,8-11,14,19-20H,1,7,12-13H2,(H,24,29)(H,25,26)(H,27,28)/t14-,20-/m0/s1. The highest BCUT2D eigenvalue weighted by atomic mass is 16.5. The van der Waals surface area contributed by atoms with E-state index in [1.54, 1.807) is 0 Å². The predicted molar refractivity (Wildman–Crippen MR) is 110 cm³/mol. The number of hydrogen-bond acceptors (Lipinski definition) is 4. The molecule has 7 heteroatoms. The van der Waals surface area contributed by atoms with Crippen LogP contribution in [0.3, 0.4) is 0 Å². The maximum Gasteiger partial charge on any atom is 0.407 e. The monoisotopic (exact) mass is 409 g/mol. The van der Waals surface area contributed by atoms with Gasteiger partial charge in [-0.25, -0.2) is 9.59 Å². The van der Waals surface area contributed by atoms with Crippen molar-refractivity contribution >= 4 is 18.0 Å². The van der Waals surface area contributed by atoms with Crippen LogP contribution in [0.5, 0.6) is 0 Å². The van der Waals surface area contributed by atoms with Crippen molar-refractivity contribution in [2.45, 2.75) is 24.8 Å². The van der Waals surface area contributed by atoms with Crippen LogP contribution < -0.4 is 5.32 Å². The first-order valence-electron chi connectivity index (χ1n) is 9.60. The highest BCUT2D eigenvalue weighted by molar-refractivity contribution is 5.82. The van der Waals surface area contributed by atoms with Gasteiger partial charge in [0.2, 0.25) is 0 Å². The van der Waals surface area contributed by atoms with E-state index in [2.05, 4.69) is 11.9 Å². The van der Waals surface area contributed by atoms with E-state index in [1.807, 2.05) is 48.5 Å². The van der Waals surface area contributed by atoms with Crippen LogP contribution in [-0.2, 0) is 14.3 Å². The van der Waals surface area contributed by atoms with Gasteiger partial charge in [-0.1, -0.05) is 54.6 Å².